The zero-order valence-corrected chi connectivity index (χ0v) is 17.0. The Kier molecular flexibility index (Phi) is 8.74. The summed E-state index contributed by atoms with van der Waals surface area (Å²) >= 11 is 1.29. The van der Waals surface area contributed by atoms with Crippen molar-refractivity contribution in [1.82, 2.24) is 10.3 Å². The maximum absolute atomic E-state index is 12.2. The first kappa shape index (κ1) is 21.7. The fourth-order valence-corrected chi connectivity index (χ4v) is 3.24. The third kappa shape index (κ3) is 7.19. The van der Waals surface area contributed by atoms with Gasteiger partial charge in [0, 0.05) is 11.9 Å². The number of benzene rings is 1. The lowest BCUT2D eigenvalue weighted by Crippen LogP contribution is -2.24. The van der Waals surface area contributed by atoms with Gasteiger partial charge in [-0.3, -0.25) is 9.59 Å². The van der Waals surface area contributed by atoms with E-state index in [2.05, 4.69) is 17.2 Å². The number of nitrogens with one attached hydrogen (secondary N) is 1. The van der Waals surface area contributed by atoms with Crippen LogP contribution in [0.15, 0.2) is 23.6 Å². The minimum atomic E-state index is -0.937. The van der Waals surface area contributed by atoms with Crippen molar-refractivity contribution in [2.75, 3.05) is 13.2 Å². The molecule has 0 aliphatic carbocycles. The predicted octanol–water partition coefficient (Wildman–Crippen LogP) is 3.21. The number of ether oxygens (including phenoxy) is 2. The number of unbranched alkanes of at least 4 members (excludes halogenated alkanes) is 1. The first-order valence-corrected chi connectivity index (χ1v) is 10.2. The molecule has 0 aliphatic heterocycles. The van der Waals surface area contributed by atoms with Gasteiger partial charge in [0.1, 0.15) is 5.01 Å². The van der Waals surface area contributed by atoms with E-state index in [9.17, 15) is 9.59 Å². The lowest BCUT2D eigenvalue weighted by molar-refractivity contribution is -0.136. The molecule has 2 N–H and O–H groups in total. The van der Waals surface area contributed by atoms with Crippen LogP contribution < -0.4 is 14.8 Å². The number of nitrogens with zero attached hydrogens (tertiary/aromatic N) is 1. The number of aromatic nitrogens is 1. The molecule has 1 heterocycles. The maximum Gasteiger partial charge on any atom is 0.309 e. The Morgan fingerprint density at radius 3 is 2.71 bits per heavy atom. The average molecular weight is 407 g/mol. The molecule has 0 unspecified atom stereocenters. The van der Waals surface area contributed by atoms with E-state index in [1.54, 1.807) is 5.38 Å². The standard InChI is InChI=1S/C20H26N2O5S/c1-3-5-8-27-16-7-6-14(9-17(16)26-4-2)12-21-18(23)11-19-22-15(13-28-19)10-20(24)25/h6-7,9,13H,3-5,8,10-12H2,1-2H3,(H,21,23)(H,24,25). The van der Waals surface area contributed by atoms with Crippen molar-refractivity contribution < 1.29 is 24.2 Å². The predicted molar refractivity (Wildman–Crippen MR) is 107 cm³/mol. The maximum atomic E-state index is 12.2. The Labute approximate surface area is 168 Å². The second-order valence-corrected chi connectivity index (χ2v) is 7.12. The number of amides is 1. The molecule has 7 nitrogen and oxygen atoms in total. The molecule has 2 rings (SSSR count). The van der Waals surface area contributed by atoms with Gasteiger partial charge in [-0.05, 0) is 31.0 Å². The van der Waals surface area contributed by atoms with E-state index in [0.29, 0.717) is 42.0 Å². The average Bonchev–Trinajstić information content (AvgIpc) is 3.08. The number of hydrogen-bond donors (Lipinski definition) is 2. The molecule has 0 atom stereocenters. The van der Waals surface area contributed by atoms with E-state index in [0.717, 1.165) is 18.4 Å². The first-order chi connectivity index (χ1) is 13.5. The normalized spacial score (nSPS) is 10.5. The topological polar surface area (TPSA) is 97.8 Å². The summed E-state index contributed by atoms with van der Waals surface area (Å²) in [7, 11) is 0. The number of aliphatic carboxylic acids is 1. The Morgan fingerprint density at radius 1 is 1.18 bits per heavy atom. The van der Waals surface area contributed by atoms with Gasteiger partial charge < -0.3 is 19.9 Å². The van der Waals surface area contributed by atoms with Crippen LogP contribution in [0.5, 0.6) is 11.5 Å². The van der Waals surface area contributed by atoms with Crippen molar-refractivity contribution in [3.8, 4) is 11.5 Å². The molecule has 0 fully saturated rings. The van der Waals surface area contributed by atoms with Gasteiger partial charge >= 0.3 is 5.97 Å². The molecule has 28 heavy (non-hydrogen) atoms. The smallest absolute Gasteiger partial charge is 0.309 e. The van der Waals surface area contributed by atoms with Crippen molar-refractivity contribution in [3.05, 3.63) is 39.8 Å². The summed E-state index contributed by atoms with van der Waals surface area (Å²) in [6.45, 7) is 5.56. The highest BCUT2D eigenvalue weighted by Gasteiger charge is 2.11. The number of rotatable bonds is 12. The molecule has 0 radical (unpaired) electrons. The summed E-state index contributed by atoms with van der Waals surface area (Å²) in [6.07, 6.45) is 2.03. The zero-order chi connectivity index (χ0) is 20.4. The zero-order valence-electron chi connectivity index (χ0n) is 16.2. The Morgan fingerprint density at radius 2 is 2.00 bits per heavy atom. The molecule has 0 saturated heterocycles. The minimum Gasteiger partial charge on any atom is -0.490 e. The summed E-state index contributed by atoms with van der Waals surface area (Å²) in [5.41, 5.74) is 1.38. The number of carbonyl (C=O) groups is 2. The van der Waals surface area contributed by atoms with Crippen LogP contribution in [0.4, 0.5) is 0 Å². The number of hydrogen-bond acceptors (Lipinski definition) is 6. The van der Waals surface area contributed by atoms with Crippen LogP contribution >= 0.6 is 11.3 Å². The molecule has 152 valence electrons. The fourth-order valence-electron chi connectivity index (χ4n) is 2.44. The number of carbonyl (C=O) groups excluding carboxylic acids is 1. The number of thiazole rings is 1. The minimum absolute atomic E-state index is 0.126. The highest BCUT2D eigenvalue weighted by atomic mass is 32.1. The van der Waals surface area contributed by atoms with Gasteiger partial charge in [0.15, 0.2) is 11.5 Å². The SMILES string of the molecule is CCCCOc1ccc(CNC(=O)Cc2nc(CC(=O)O)cs2)cc1OCC. The van der Waals surface area contributed by atoms with Gasteiger partial charge in [0.05, 0.1) is 31.7 Å². The van der Waals surface area contributed by atoms with E-state index in [1.807, 2.05) is 25.1 Å². The molecule has 0 bridgehead atoms. The molecule has 1 aromatic carbocycles. The first-order valence-electron chi connectivity index (χ1n) is 9.32. The molecular formula is C20H26N2O5S. The summed E-state index contributed by atoms with van der Waals surface area (Å²) in [5.74, 6) is 0.272. The highest BCUT2D eigenvalue weighted by Crippen LogP contribution is 2.28. The summed E-state index contributed by atoms with van der Waals surface area (Å²) in [6, 6.07) is 5.64. The van der Waals surface area contributed by atoms with Crippen LogP contribution in [0.1, 0.15) is 43.0 Å². The van der Waals surface area contributed by atoms with E-state index >= 15 is 0 Å². The molecule has 0 aliphatic rings. The Bertz CT molecular complexity index is 791. The third-order valence-corrected chi connectivity index (χ3v) is 4.69. The second-order valence-electron chi connectivity index (χ2n) is 6.17. The van der Waals surface area contributed by atoms with Crippen LogP contribution in [-0.4, -0.2) is 35.2 Å². The highest BCUT2D eigenvalue weighted by molar-refractivity contribution is 7.09. The molecule has 8 heteroatoms. The summed E-state index contributed by atoms with van der Waals surface area (Å²) in [4.78, 5) is 27.0. The van der Waals surface area contributed by atoms with Gasteiger partial charge in [0.2, 0.25) is 5.91 Å². The summed E-state index contributed by atoms with van der Waals surface area (Å²) in [5, 5.41) is 13.9. The van der Waals surface area contributed by atoms with Crippen LogP contribution in [0, 0.1) is 0 Å². The quantitative estimate of drug-likeness (QED) is 0.525. The largest absolute Gasteiger partial charge is 0.490 e. The molecule has 1 aromatic heterocycles. The lowest BCUT2D eigenvalue weighted by Gasteiger charge is -2.13. The van der Waals surface area contributed by atoms with Crippen molar-refractivity contribution >= 4 is 23.2 Å². The molecule has 1 amide bonds. The van der Waals surface area contributed by atoms with Crippen LogP contribution in [0.25, 0.3) is 0 Å². The third-order valence-electron chi connectivity index (χ3n) is 3.80. The van der Waals surface area contributed by atoms with E-state index in [1.165, 1.54) is 11.3 Å². The molecular weight excluding hydrogens is 380 g/mol. The molecule has 0 saturated carbocycles. The van der Waals surface area contributed by atoms with Crippen molar-refractivity contribution in [2.24, 2.45) is 0 Å². The van der Waals surface area contributed by atoms with Gasteiger partial charge in [-0.1, -0.05) is 19.4 Å². The Balaban J connectivity index is 1.90. The van der Waals surface area contributed by atoms with Crippen LogP contribution in [0.3, 0.4) is 0 Å². The van der Waals surface area contributed by atoms with E-state index < -0.39 is 5.97 Å². The van der Waals surface area contributed by atoms with E-state index in [4.69, 9.17) is 14.6 Å². The van der Waals surface area contributed by atoms with E-state index in [-0.39, 0.29) is 18.7 Å². The monoisotopic (exact) mass is 406 g/mol. The van der Waals surface area contributed by atoms with Gasteiger partial charge in [-0.2, -0.15) is 0 Å². The van der Waals surface area contributed by atoms with Crippen molar-refractivity contribution in [3.63, 3.8) is 0 Å². The number of carboxylic acids is 1. The van der Waals surface area contributed by atoms with Gasteiger partial charge in [0.25, 0.3) is 0 Å². The Hall–Kier alpha value is -2.61. The van der Waals surface area contributed by atoms with Crippen LogP contribution in [-0.2, 0) is 29.0 Å². The number of carboxylic acid groups (broad SMARTS) is 1. The van der Waals surface area contributed by atoms with Gasteiger partial charge in [-0.25, -0.2) is 4.98 Å². The van der Waals surface area contributed by atoms with Gasteiger partial charge in [-0.15, -0.1) is 11.3 Å². The van der Waals surface area contributed by atoms with Crippen molar-refractivity contribution in [1.29, 1.82) is 0 Å². The van der Waals surface area contributed by atoms with Crippen molar-refractivity contribution in [2.45, 2.75) is 46.1 Å². The fraction of sp³-hybridized carbons (Fsp3) is 0.450. The molecule has 2 aromatic rings. The molecule has 0 spiro atoms. The van der Waals surface area contributed by atoms with Crippen LogP contribution in [0.2, 0.25) is 0 Å². The summed E-state index contributed by atoms with van der Waals surface area (Å²) < 4.78 is 11.4. The lowest BCUT2D eigenvalue weighted by atomic mass is 10.2. The second kappa shape index (κ2) is 11.3.